The van der Waals surface area contributed by atoms with Gasteiger partial charge in [0.1, 0.15) is 0 Å². The van der Waals surface area contributed by atoms with Gasteiger partial charge in [-0.1, -0.05) is 15.9 Å². The van der Waals surface area contributed by atoms with Gasteiger partial charge in [0.2, 0.25) is 10.0 Å². The maximum absolute atomic E-state index is 12.1. The molecular formula is C10H20BrNO4S. The first-order valence-electron chi connectivity index (χ1n) is 5.67. The Balaban J connectivity index is 2.61. The molecule has 0 saturated carbocycles. The summed E-state index contributed by atoms with van der Waals surface area (Å²) < 4.78 is 36.2. The smallest absolute Gasteiger partial charge is 0.214 e. The summed E-state index contributed by atoms with van der Waals surface area (Å²) >= 11 is 3.32. The van der Waals surface area contributed by atoms with Crippen molar-refractivity contribution in [1.29, 1.82) is 0 Å². The Morgan fingerprint density at radius 3 is 2.82 bits per heavy atom. The third-order valence-corrected chi connectivity index (χ3v) is 5.48. The first-order valence-corrected chi connectivity index (χ1v) is 8.40. The predicted octanol–water partition coefficient (Wildman–Crippen LogP) is 0.837. The molecule has 1 rings (SSSR count). The molecule has 102 valence electrons. The van der Waals surface area contributed by atoms with E-state index in [1.54, 1.807) is 11.4 Å². The van der Waals surface area contributed by atoms with Crippen molar-refractivity contribution in [1.82, 2.24) is 4.31 Å². The zero-order valence-corrected chi connectivity index (χ0v) is 12.7. The van der Waals surface area contributed by atoms with Crippen molar-refractivity contribution in [2.75, 3.05) is 38.0 Å². The van der Waals surface area contributed by atoms with Gasteiger partial charge >= 0.3 is 0 Å². The number of sulfonamides is 1. The SMILES string of the molecule is COCCCS(=O)(=O)N1CC(CBr)OCC1C. The highest BCUT2D eigenvalue weighted by atomic mass is 79.9. The molecule has 0 amide bonds. The largest absolute Gasteiger partial charge is 0.385 e. The molecule has 7 heteroatoms. The van der Waals surface area contributed by atoms with Gasteiger partial charge in [0.15, 0.2) is 0 Å². The molecule has 0 radical (unpaired) electrons. The van der Waals surface area contributed by atoms with E-state index in [9.17, 15) is 8.42 Å². The second-order valence-electron chi connectivity index (χ2n) is 4.19. The topological polar surface area (TPSA) is 55.8 Å². The monoisotopic (exact) mass is 329 g/mol. The van der Waals surface area contributed by atoms with Crippen LogP contribution in [0.2, 0.25) is 0 Å². The third kappa shape index (κ3) is 4.48. The number of hydrogen-bond acceptors (Lipinski definition) is 4. The number of alkyl halides is 1. The molecule has 0 aromatic carbocycles. The van der Waals surface area contributed by atoms with E-state index in [0.717, 1.165) is 0 Å². The molecule has 2 unspecified atom stereocenters. The van der Waals surface area contributed by atoms with Gasteiger partial charge in [-0.2, -0.15) is 4.31 Å². The average Bonchev–Trinajstić information content (AvgIpc) is 2.29. The van der Waals surface area contributed by atoms with Crippen LogP contribution in [0.3, 0.4) is 0 Å². The Bertz CT molecular complexity index is 322. The number of rotatable bonds is 6. The minimum Gasteiger partial charge on any atom is -0.385 e. The van der Waals surface area contributed by atoms with Crippen LogP contribution in [-0.2, 0) is 19.5 Å². The molecule has 1 aliphatic rings. The highest BCUT2D eigenvalue weighted by molar-refractivity contribution is 9.09. The molecular weight excluding hydrogens is 310 g/mol. The third-order valence-electron chi connectivity index (χ3n) is 2.73. The lowest BCUT2D eigenvalue weighted by Crippen LogP contribution is -2.52. The Hall–Kier alpha value is 0.310. The van der Waals surface area contributed by atoms with Gasteiger partial charge in [0.25, 0.3) is 0 Å². The van der Waals surface area contributed by atoms with Crippen LogP contribution in [0.1, 0.15) is 13.3 Å². The minimum absolute atomic E-state index is 0.0524. The fraction of sp³-hybridized carbons (Fsp3) is 1.00. The summed E-state index contributed by atoms with van der Waals surface area (Å²) in [4.78, 5) is 0. The van der Waals surface area contributed by atoms with E-state index in [1.807, 2.05) is 6.92 Å². The van der Waals surface area contributed by atoms with Gasteiger partial charge in [0, 0.05) is 31.6 Å². The van der Waals surface area contributed by atoms with Crippen molar-refractivity contribution < 1.29 is 17.9 Å². The molecule has 0 aliphatic carbocycles. The number of halogens is 1. The first kappa shape index (κ1) is 15.4. The molecule has 0 aromatic heterocycles. The molecule has 17 heavy (non-hydrogen) atoms. The lowest BCUT2D eigenvalue weighted by Gasteiger charge is -2.36. The molecule has 0 bridgehead atoms. The maximum atomic E-state index is 12.1. The molecule has 0 N–H and O–H groups in total. The van der Waals surface area contributed by atoms with Crippen LogP contribution in [0.5, 0.6) is 0 Å². The van der Waals surface area contributed by atoms with Gasteiger partial charge in [-0.25, -0.2) is 8.42 Å². The fourth-order valence-electron chi connectivity index (χ4n) is 1.78. The number of methoxy groups -OCH3 is 1. The van der Waals surface area contributed by atoms with Crippen molar-refractivity contribution in [2.24, 2.45) is 0 Å². The second-order valence-corrected chi connectivity index (χ2v) is 6.88. The Morgan fingerprint density at radius 1 is 1.53 bits per heavy atom. The van der Waals surface area contributed by atoms with Crippen molar-refractivity contribution in [3.8, 4) is 0 Å². The van der Waals surface area contributed by atoms with Gasteiger partial charge in [0.05, 0.1) is 18.5 Å². The fourth-order valence-corrected chi connectivity index (χ4v) is 3.89. The number of hydrogen-bond donors (Lipinski definition) is 0. The molecule has 5 nitrogen and oxygen atoms in total. The van der Waals surface area contributed by atoms with Crippen LogP contribution in [0.25, 0.3) is 0 Å². The van der Waals surface area contributed by atoms with Crippen LogP contribution in [-0.4, -0.2) is 62.8 Å². The summed E-state index contributed by atoms with van der Waals surface area (Å²) in [5.74, 6) is 0.139. The summed E-state index contributed by atoms with van der Waals surface area (Å²) in [6.45, 7) is 3.24. The number of ether oxygens (including phenoxy) is 2. The molecule has 2 atom stereocenters. The zero-order chi connectivity index (χ0) is 12.9. The van der Waals surface area contributed by atoms with Crippen molar-refractivity contribution in [3.63, 3.8) is 0 Å². The Morgan fingerprint density at radius 2 is 2.24 bits per heavy atom. The predicted molar refractivity (Wildman–Crippen MR) is 70.0 cm³/mol. The number of morpholine rings is 1. The lowest BCUT2D eigenvalue weighted by molar-refractivity contribution is -0.0139. The van der Waals surface area contributed by atoms with E-state index in [2.05, 4.69) is 15.9 Å². The normalized spacial score (nSPS) is 27.2. The van der Waals surface area contributed by atoms with E-state index >= 15 is 0 Å². The minimum atomic E-state index is -3.20. The second kappa shape index (κ2) is 7.04. The molecule has 1 saturated heterocycles. The molecule has 1 aliphatic heterocycles. The van der Waals surface area contributed by atoms with Gasteiger partial charge in [-0.05, 0) is 13.3 Å². The van der Waals surface area contributed by atoms with Crippen molar-refractivity contribution in [2.45, 2.75) is 25.5 Å². The summed E-state index contributed by atoms with van der Waals surface area (Å²) in [6, 6.07) is -0.0853. The van der Waals surface area contributed by atoms with Crippen LogP contribution >= 0.6 is 15.9 Å². The van der Waals surface area contributed by atoms with Crippen molar-refractivity contribution >= 4 is 26.0 Å². The summed E-state index contributed by atoms with van der Waals surface area (Å²) in [7, 11) is -1.62. The average molecular weight is 330 g/mol. The van der Waals surface area contributed by atoms with Gasteiger partial charge in [-0.15, -0.1) is 0 Å². The quantitative estimate of drug-likeness (QED) is 0.535. The summed E-state index contributed by atoms with van der Waals surface area (Å²) in [6.07, 6.45) is 0.477. The number of nitrogens with zero attached hydrogens (tertiary/aromatic N) is 1. The molecule has 0 spiro atoms. The van der Waals surface area contributed by atoms with Crippen LogP contribution in [0.4, 0.5) is 0 Å². The van der Waals surface area contributed by atoms with Gasteiger partial charge < -0.3 is 9.47 Å². The van der Waals surface area contributed by atoms with E-state index < -0.39 is 10.0 Å². The summed E-state index contributed by atoms with van der Waals surface area (Å²) in [5.41, 5.74) is 0. The van der Waals surface area contributed by atoms with Crippen molar-refractivity contribution in [3.05, 3.63) is 0 Å². The van der Waals surface area contributed by atoms with Crippen LogP contribution in [0, 0.1) is 0 Å². The molecule has 1 heterocycles. The molecule has 1 fully saturated rings. The highest BCUT2D eigenvalue weighted by Gasteiger charge is 2.33. The first-order chi connectivity index (χ1) is 8.01. The Labute approximate surface area is 112 Å². The van der Waals surface area contributed by atoms with Crippen LogP contribution in [0.15, 0.2) is 0 Å². The molecule has 0 aromatic rings. The highest BCUT2D eigenvalue weighted by Crippen LogP contribution is 2.18. The van der Waals surface area contributed by atoms with E-state index in [1.165, 1.54) is 0 Å². The Kier molecular flexibility index (Phi) is 6.36. The standard InChI is InChI=1S/C10H20BrNO4S/c1-9-8-16-10(6-11)7-12(9)17(13,14)5-3-4-15-2/h9-10H,3-8H2,1-2H3. The van der Waals surface area contributed by atoms with Crippen LogP contribution < -0.4 is 0 Å². The zero-order valence-electron chi connectivity index (χ0n) is 10.3. The lowest BCUT2D eigenvalue weighted by atomic mass is 10.2. The maximum Gasteiger partial charge on any atom is 0.214 e. The van der Waals surface area contributed by atoms with E-state index in [-0.39, 0.29) is 17.9 Å². The van der Waals surface area contributed by atoms with E-state index in [0.29, 0.717) is 31.5 Å². The van der Waals surface area contributed by atoms with E-state index in [4.69, 9.17) is 9.47 Å². The summed E-state index contributed by atoms with van der Waals surface area (Å²) in [5, 5.41) is 0.657. The van der Waals surface area contributed by atoms with Gasteiger partial charge in [-0.3, -0.25) is 0 Å².